The van der Waals surface area contributed by atoms with Gasteiger partial charge in [-0.1, -0.05) is 0 Å². The van der Waals surface area contributed by atoms with Gasteiger partial charge < -0.3 is 0 Å². The maximum atomic E-state index is 12.7. The Balaban J connectivity index is 2.33. The Morgan fingerprint density at radius 1 is 1.13 bits per heavy atom. The Morgan fingerprint density at radius 3 is 2.33 bits per heavy atom. The molecule has 0 spiro atoms. The van der Waals surface area contributed by atoms with Crippen LogP contribution in [0.4, 0.5) is 4.39 Å². The van der Waals surface area contributed by atoms with Gasteiger partial charge in [0.2, 0.25) is 0 Å². The summed E-state index contributed by atoms with van der Waals surface area (Å²) in [7, 11) is 0. The van der Waals surface area contributed by atoms with Crippen molar-refractivity contribution in [3.63, 3.8) is 0 Å². The molecule has 0 atom stereocenters. The summed E-state index contributed by atoms with van der Waals surface area (Å²) in [5.74, 6) is -0.220. The summed E-state index contributed by atoms with van der Waals surface area (Å²) < 4.78 is 14.6. The van der Waals surface area contributed by atoms with Gasteiger partial charge in [-0.25, -0.2) is 4.39 Å². The summed E-state index contributed by atoms with van der Waals surface area (Å²) >= 11 is 0. The van der Waals surface area contributed by atoms with E-state index in [9.17, 15) is 4.39 Å². The minimum absolute atomic E-state index is 0.220. The van der Waals surface area contributed by atoms with E-state index in [1.165, 1.54) is 12.1 Å². The van der Waals surface area contributed by atoms with Crippen LogP contribution in [0.15, 0.2) is 36.5 Å². The van der Waals surface area contributed by atoms with E-state index in [1.54, 1.807) is 12.1 Å². The molecule has 78 valence electrons. The first kappa shape index (κ1) is 9.90. The molecule has 2 rings (SSSR count). The first-order valence-electron chi connectivity index (χ1n) is 4.98. The van der Waals surface area contributed by atoms with Crippen molar-refractivity contribution in [3.05, 3.63) is 42.3 Å². The van der Waals surface area contributed by atoms with Gasteiger partial charge in [0.25, 0.3) is 0 Å². The molecule has 0 aliphatic rings. The summed E-state index contributed by atoms with van der Waals surface area (Å²) in [5.41, 5.74) is 1.82. The third-order valence-corrected chi connectivity index (χ3v) is 2.28. The molecule has 0 aliphatic heterocycles. The Bertz CT molecular complexity index is 443. The van der Waals surface area contributed by atoms with Crippen LogP contribution in [0.5, 0.6) is 0 Å². The first-order chi connectivity index (χ1) is 7.16. The Morgan fingerprint density at radius 2 is 1.80 bits per heavy atom. The van der Waals surface area contributed by atoms with E-state index in [2.05, 4.69) is 18.9 Å². The number of nitrogens with zero attached hydrogens (tertiary/aromatic N) is 2. The van der Waals surface area contributed by atoms with Gasteiger partial charge in [-0.05, 0) is 44.2 Å². The van der Waals surface area contributed by atoms with Crippen LogP contribution in [-0.2, 0) is 0 Å². The number of hydrogen-bond donors (Lipinski definition) is 0. The molecule has 1 aromatic heterocycles. The molecule has 0 aliphatic carbocycles. The predicted octanol–water partition coefficient (Wildman–Crippen LogP) is 3.27. The van der Waals surface area contributed by atoms with E-state index in [0.29, 0.717) is 6.04 Å². The Hall–Kier alpha value is -1.64. The number of benzene rings is 1. The van der Waals surface area contributed by atoms with Crippen LogP contribution < -0.4 is 0 Å². The molecule has 2 nitrogen and oxygen atoms in total. The molecule has 0 saturated carbocycles. The minimum Gasteiger partial charge on any atom is -0.270 e. The van der Waals surface area contributed by atoms with E-state index in [-0.39, 0.29) is 5.82 Å². The molecule has 0 amide bonds. The second kappa shape index (κ2) is 3.85. The second-order valence-corrected chi connectivity index (χ2v) is 3.78. The highest BCUT2D eigenvalue weighted by Crippen LogP contribution is 2.18. The number of rotatable bonds is 2. The van der Waals surface area contributed by atoms with Crippen LogP contribution in [0, 0.1) is 5.82 Å². The lowest BCUT2D eigenvalue weighted by Crippen LogP contribution is -2.00. The Kier molecular flexibility index (Phi) is 2.54. The van der Waals surface area contributed by atoms with Gasteiger partial charge in [0.1, 0.15) is 5.82 Å². The lowest BCUT2D eigenvalue weighted by atomic mass is 10.1. The molecular weight excluding hydrogens is 191 g/mol. The van der Waals surface area contributed by atoms with Gasteiger partial charge in [-0.2, -0.15) is 5.10 Å². The zero-order valence-electron chi connectivity index (χ0n) is 8.81. The second-order valence-electron chi connectivity index (χ2n) is 3.78. The van der Waals surface area contributed by atoms with Crippen molar-refractivity contribution in [1.82, 2.24) is 9.78 Å². The highest BCUT2D eigenvalue weighted by molar-refractivity contribution is 5.58. The first-order valence-corrected chi connectivity index (χ1v) is 4.98. The SMILES string of the molecule is CC(C)n1ccc(-c2ccc(F)cc2)n1. The number of aromatic nitrogens is 2. The summed E-state index contributed by atoms with van der Waals surface area (Å²) in [4.78, 5) is 0. The lowest BCUT2D eigenvalue weighted by molar-refractivity contribution is 0.534. The van der Waals surface area contributed by atoms with Crippen molar-refractivity contribution in [2.75, 3.05) is 0 Å². The van der Waals surface area contributed by atoms with Crippen LogP contribution in [0.2, 0.25) is 0 Å². The van der Waals surface area contributed by atoms with Crippen LogP contribution in [-0.4, -0.2) is 9.78 Å². The predicted molar refractivity (Wildman–Crippen MR) is 58.0 cm³/mol. The van der Waals surface area contributed by atoms with Gasteiger partial charge in [-0.15, -0.1) is 0 Å². The monoisotopic (exact) mass is 204 g/mol. The smallest absolute Gasteiger partial charge is 0.123 e. The van der Waals surface area contributed by atoms with Gasteiger partial charge in [-0.3, -0.25) is 4.68 Å². The molecule has 1 heterocycles. The molecule has 0 saturated heterocycles. The van der Waals surface area contributed by atoms with Crippen LogP contribution >= 0.6 is 0 Å². The average Bonchev–Trinajstić information content (AvgIpc) is 2.68. The zero-order chi connectivity index (χ0) is 10.8. The van der Waals surface area contributed by atoms with E-state index in [4.69, 9.17) is 0 Å². The molecule has 0 radical (unpaired) electrons. The zero-order valence-corrected chi connectivity index (χ0v) is 8.81. The summed E-state index contributed by atoms with van der Waals surface area (Å²) in [6.07, 6.45) is 1.93. The fourth-order valence-electron chi connectivity index (χ4n) is 1.40. The molecular formula is C12H13FN2. The molecule has 0 unspecified atom stereocenters. The van der Waals surface area contributed by atoms with Gasteiger partial charge in [0.15, 0.2) is 0 Å². The highest BCUT2D eigenvalue weighted by Gasteiger charge is 2.04. The molecule has 0 fully saturated rings. The van der Waals surface area contributed by atoms with Crippen LogP contribution in [0.1, 0.15) is 19.9 Å². The van der Waals surface area contributed by atoms with E-state index in [1.807, 2.05) is 16.9 Å². The van der Waals surface area contributed by atoms with Crippen molar-refractivity contribution < 1.29 is 4.39 Å². The highest BCUT2D eigenvalue weighted by atomic mass is 19.1. The van der Waals surface area contributed by atoms with Crippen molar-refractivity contribution in [3.8, 4) is 11.3 Å². The van der Waals surface area contributed by atoms with Gasteiger partial charge in [0, 0.05) is 17.8 Å². The van der Waals surface area contributed by atoms with Crippen molar-refractivity contribution in [2.24, 2.45) is 0 Å². The van der Waals surface area contributed by atoms with Crippen LogP contribution in [0.3, 0.4) is 0 Å². The third-order valence-electron chi connectivity index (χ3n) is 2.28. The maximum Gasteiger partial charge on any atom is 0.123 e. The average molecular weight is 204 g/mol. The summed E-state index contributed by atoms with van der Waals surface area (Å²) in [6.45, 7) is 4.14. The fourth-order valence-corrected chi connectivity index (χ4v) is 1.40. The fraction of sp³-hybridized carbons (Fsp3) is 0.250. The largest absolute Gasteiger partial charge is 0.270 e. The van der Waals surface area contributed by atoms with Crippen molar-refractivity contribution in [1.29, 1.82) is 0 Å². The quantitative estimate of drug-likeness (QED) is 0.734. The normalized spacial score (nSPS) is 10.9. The molecule has 0 bridgehead atoms. The van der Waals surface area contributed by atoms with Gasteiger partial charge in [0.05, 0.1) is 5.69 Å². The van der Waals surface area contributed by atoms with Gasteiger partial charge >= 0.3 is 0 Å². The molecule has 15 heavy (non-hydrogen) atoms. The van der Waals surface area contributed by atoms with Crippen molar-refractivity contribution >= 4 is 0 Å². The molecule has 3 heteroatoms. The van der Waals surface area contributed by atoms with Crippen LogP contribution in [0.25, 0.3) is 11.3 Å². The van der Waals surface area contributed by atoms with E-state index < -0.39 is 0 Å². The van der Waals surface area contributed by atoms with E-state index >= 15 is 0 Å². The molecule has 2 aromatic rings. The number of hydrogen-bond acceptors (Lipinski definition) is 1. The minimum atomic E-state index is -0.220. The maximum absolute atomic E-state index is 12.7. The lowest BCUT2D eigenvalue weighted by Gasteiger charge is -2.03. The Labute approximate surface area is 88.4 Å². The molecule has 0 N–H and O–H groups in total. The molecule has 1 aromatic carbocycles. The topological polar surface area (TPSA) is 17.8 Å². The number of halogens is 1. The van der Waals surface area contributed by atoms with E-state index in [0.717, 1.165) is 11.3 Å². The summed E-state index contributed by atoms with van der Waals surface area (Å²) in [6, 6.07) is 8.66. The summed E-state index contributed by atoms with van der Waals surface area (Å²) in [5, 5.41) is 4.40. The standard InChI is InChI=1S/C12H13FN2/c1-9(2)15-8-7-12(14-15)10-3-5-11(13)6-4-10/h3-9H,1-2H3. The third kappa shape index (κ3) is 2.06. The van der Waals surface area contributed by atoms with Crippen molar-refractivity contribution in [2.45, 2.75) is 19.9 Å².